The molecule has 0 bridgehead atoms. The minimum absolute atomic E-state index is 0.142. The van der Waals surface area contributed by atoms with E-state index >= 15 is 0 Å². The van der Waals surface area contributed by atoms with Gasteiger partial charge in [-0.25, -0.2) is 0 Å². The van der Waals surface area contributed by atoms with Crippen LogP contribution in [0.2, 0.25) is 0 Å². The van der Waals surface area contributed by atoms with Crippen LogP contribution in [0, 0.1) is 0 Å². The van der Waals surface area contributed by atoms with E-state index in [-0.39, 0.29) is 23.9 Å². The van der Waals surface area contributed by atoms with Gasteiger partial charge in [0.1, 0.15) is 0 Å². The maximum atomic E-state index is 12.1. The first-order valence-electron chi connectivity index (χ1n) is 8.36. The van der Waals surface area contributed by atoms with Crippen molar-refractivity contribution in [1.29, 1.82) is 0 Å². The molecule has 0 fully saturated rings. The number of aryl methyl sites for hydroxylation is 1. The van der Waals surface area contributed by atoms with E-state index in [9.17, 15) is 14.4 Å². The van der Waals surface area contributed by atoms with Crippen molar-refractivity contribution in [2.24, 2.45) is 0 Å². The van der Waals surface area contributed by atoms with Crippen molar-refractivity contribution in [3.05, 3.63) is 76.1 Å². The zero-order chi connectivity index (χ0) is 18.5. The first-order valence-corrected chi connectivity index (χ1v) is 8.36. The van der Waals surface area contributed by atoms with Gasteiger partial charge in [-0.1, -0.05) is 31.2 Å². The number of H-pyrrole nitrogens is 1. The lowest BCUT2D eigenvalue weighted by Gasteiger charge is -2.09. The zero-order valence-corrected chi connectivity index (χ0v) is 14.3. The lowest BCUT2D eigenvalue weighted by atomic mass is 10.1. The Hall–Kier alpha value is -3.41. The van der Waals surface area contributed by atoms with Crippen LogP contribution in [-0.2, 0) is 11.2 Å². The van der Waals surface area contributed by atoms with Crippen LogP contribution in [0.15, 0.2) is 59.4 Å². The first-order chi connectivity index (χ1) is 12.6. The first kappa shape index (κ1) is 17.4. The number of aromatic amines is 1. The molecule has 0 aliphatic heterocycles. The van der Waals surface area contributed by atoms with Gasteiger partial charge in [-0.05, 0) is 36.2 Å². The molecule has 132 valence electrons. The van der Waals surface area contributed by atoms with Crippen molar-refractivity contribution in [1.82, 2.24) is 10.3 Å². The van der Waals surface area contributed by atoms with Crippen molar-refractivity contribution in [2.45, 2.75) is 13.3 Å². The lowest BCUT2D eigenvalue weighted by Crippen LogP contribution is -2.32. The van der Waals surface area contributed by atoms with Crippen molar-refractivity contribution < 1.29 is 9.59 Å². The number of carbonyl (C=O) groups is 2. The second kappa shape index (κ2) is 7.65. The van der Waals surface area contributed by atoms with E-state index in [1.165, 1.54) is 0 Å². The van der Waals surface area contributed by atoms with Gasteiger partial charge in [-0.3, -0.25) is 14.4 Å². The summed E-state index contributed by atoms with van der Waals surface area (Å²) < 4.78 is 0. The highest BCUT2D eigenvalue weighted by Crippen LogP contribution is 2.20. The van der Waals surface area contributed by atoms with Crippen LogP contribution in [0.3, 0.4) is 0 Å². The lowest BCUT2D eigenvalue weighted by molar-refractivity contribution is -0.115. The summed E-state index contributed by atoms with van der Waals surface area (Å²) in [5.74, 6) is -0.654. The highest BCUT2D eigenvalue weighted by molar-refractivity contribution is 6.00. The summed E-state index contributed by atoms with van der Waals surface area (Å²) in [6.45, 7) is 1.84. The van der Waals surface area contributed by atoms with E-state index in [1.807, 2.05) is 19.1 Å². The van der Waals surface area contributed by atoms with E-state index in [2.05, 4.69) is 15.6 Å². The summed E-state index contributed by atoms with van der Waals surface area (Å²) in [5.41, 5.74) is 2.50. The largest absolute Gasteiger partial charge is 0.343 e. The van der Waals surface area contributed by atoms with Gasteiger partial charge in [-0.2, -0.15) is 0 Å². The third kappa shape index (κ3) is 3.97. The standard InChI is InChI=1S/C20H19N3O3/c1-2-13-10-18(24)23-17-11-15(8-9-16(13)17)22-19(25)12-21-20(26)14-6-4-3-5-7-14/h3-11H,2,12H2,1H3,(H,21,26)(H,22,25)(H,23,24). The monoisotopic (exact) mass is 349 g/mol. The molecule has 0 unspecified atom stereocenters. The minimum atomic E-state index is -0.345. The van der Waals surface area contributed by atoms with Gasteiger partial charge in [0.2, 0.25) is 11.5 Å². The molecule has 0 radical (unpaired) electrons. The van der Waals surface area contributed by atoms with E-state index in [4.69, 9.17) is 0 Å². The number of carbonyl (C=O) groups excluding carboxylic acids is 2. The van der Waals surface area contributed by atoms with Crippen molar-refractivity contribution >= 4 is 28.4 Å². The van der Waals surface area contributed by atoms with Gasteiger partial charge < -0.3 is 15.6 Å². The molecule has 3 aromatic rings. The molecule has 3 N–H and O–H groups in total. The van der Waals surface area contributed by atoms with E-state index < -0.39 is 0 Å². The number of hydrogen-bond acceptors (Lipinski definition) is 3. The molecule has 0 spiro atoms. The smallest absolute Gasteiger partial charge is 0.251 e. The number of aromatic nitrogens is 1. The average Bonchev–Trinajstić information content (AvgIpc) is 2.65. The maximum Gasteiger partial charge on any atom is 0.251 e. The molecular formula is C20H19N3O3. The molecule has 2 aromatic carbocycles. The van der Waals surface area contributed by atoms with Gasteiger partial charge >= 0.3 is 0 Å². The second-order valence-corrected chi connectivity index (χ2v) is 5.87. The molecule has 2 amide bonds. The van der Waals surface area contributed by atoms with E-state index in [0.717, 1.165) is 17.4 Å². The fourth-order valence-corrected chi connectivity index (χ4v) is 2.76. The number of rotatable bonds is 5. The number of hydrogen-bond donors (Lipinski definition) is 3. The van der Waals surface area contributed by atoms with Crippen LogP contribution < -0.4 is 16.2 Å². The van der Waals surface area contributed by atoms with Crippen molar-refractivity contribution in [2.75, 3.05) is 11.9 Å². The number of nitrogens with one attached hydrogen (secondary N) is 3. The van der Waals surface area contributed by atoms with Gasteiger partial charge in [0.25, 0.3) is 5.91 Å². The maximum absolute atomic E-state index is 12.1. The van der Waals surface area contributed by atoms with Crippen LogP contribution in [0.1, 0.15) is 22.8 Å². The van der Waals surface area contributed by atoms with E-state index in [0.29, 0.717) is 16.8 Å². The molecule has 26 heavy (non-hydrogen) atoms. The number of pyridine rings is 1. The van der Waals surface area contributed by atoms with Gasteiger partial charge in [-0.15, -0.1) is 0 Å². The quantitative estimate of drug-likeness (QED) is 0.661. The summed E-state index contributed by atoms with van der Waals surface area (Å²) in [4.78, 5) is 38.5. The van der Waals surface area contributed by atoms with Crippen LogP contribution in [0.5, 0.6) is 0 Å². The second-order valence-electron chi connectivity index (χ2n) is 5.87. The summed E-state index contributed by atoms with van der Waals surface area (Å²) in [7, 11) is 0. The Bertz CT molecular complexity index is 1010. The van der Waals surface area contributed by atoms with Crippen molar-refractivity contribution in [3.63, 3.8) is 0 Å². The predicted molar refractivity (Wildman–Crippen MR) is 101 cm³/mol. The number of benzene rings is 2. The van der Waals surface area contributed by atoms with Crippen LogP contribution >= 0.6 is 0 Å². The zero-order valence-electron chi connectivity index (χ0n) is 14.3. The Morgan fingerprint density at radius 1 is 1.04 bits per heavy atom. The molecule has 3 rings (SSSR count). The van der Waals surface area contributed by atoms with Gasteiger partial charge in [0.15, 0.2) is 0 Å². The van der Waals surface area contributed by atoms with Gasteiger partial charge in [0, 0.05) is 22.7 Å². The molecule has 6 heteroatoms. The summed E-state index contributed by atoms with van der Waals surface area (Å²) in [5, 5.41) is 6.24. The van der Waals surface area contributed by atoms with Gasteiger partial charge in [0.05, 0.1) is 12.1 Å². The Balaban J connectivity index is 1.67. The Morgan fingerprint density at radius 2 is 1.81 bits per heavy atom. The van der Waals surface area contributed by atoms with Crippen LogP contribution in [0.25, 0.3) is 10.9 Å². The highest BCUT2D eigenvalue weighted by Gasteiger charge is 2.09. The molecule has 0 aliphatic rings. The summed E-state index contributed by atoms with van der Waals surface area (Å²) >= 11 is 0. The molecule has 1 heterocycles. The normalized spacial score (nSPS) is 10.5. The van der Waals surface area contributed by atoms with E-state index in [1.54, 1.807) is 42.5 Å². The molecule has 0 saturated carbocycles. The topological polar surface area (TPSA) is 91.1 Å². The van der Waals surface area contributed by atoms with Crippen LogP contribution in [-0.4, -0.2) is 23.3 Å². The average molecular weight is 349 g/mol. The Labute approximate surface area is 150 Å². The molecule has 0 saturated heterocycles. The van der Waals surface area contributed by atoms with Crippen molar-refractivity contribution in [3.8, 4) is 0 Å². The third-order valence-electron chi connectivity index (χ3n) is 4.04. The Morgan fingerprint density at radius 3 is 2.54 bits per heavy atom. The summed E-state index contributed by atoms with van der Waals surface area (Å²) in [6, 6.07) is 15.6. The minimum Gasteiger partial charge on any atom is -0.343 e. The molecule has 0 atom stereocenters. The molecule has 1 aromatic heterocycles. The van der Waals surface area contributed by atoms with Crippen LogP contribution in [0.4, 0.5) is 5.69 Å². The SMILES string of the molecule is CCc1cc(=O)[nH]c2cc(NC(=O)CNC(=O)c3ccccc3)ccc12. The number of anilines is 1. The molecule has 0 aliphatic carbocycles. The fourth-order valence-electron chi connectivity index (χ4n) is 2.76. The third-order valence-corrected chi connectivity index (χ3v) is 4.04. The summed E-state index contributed by atoms with van der Waals surface area (Å²) in [6.07, 6.45) is 0.748. The number of amides is 2. The number of fused-ring (bicyclic) bond motifs is 1. The molecule has 6 nitrogen and oxygen atoms in total. The Kier molecular flexibility index (Phi) is 5.12. The fraction of sp³-hybridized carbons (Fsp3) is 0.150. The predicted octanol–water partition coefficient (Wildman–Crippen LogP) is 2.46. The molecular weight excluding hydrogens is 330 g/mol. The highest BCUT2D eigenvalue weighted by atomic mass is 16.2.